The second-order valence-corrected chi connectivity index (χ2v) is 4.28. The number of hydrogen-bond acceptors (Lipinski definition) is 4. The van der Waals surface area contributed by atoms with E-state index in [2.05, 4.69) is 19.9 Å². The normalized spacial score (nSPS) is 21.6. The number of nitrogens with one attached hydrogen (secondary N) is 1. The lowest BCUT2D eigenvalue weighted by atomic mass is 10.1. The number of H-pyrrole nitrogens is 1. The molecule has 3 heterocycles. The fourth-order valence-corrected chi connectivity index (χ4v) is 2.18. The van der Waals surface area contributed by atoms with E-state index in [0.717, 1.165) is 43.0 Å². The molecule has 1 fully saturated rings. The highest BCUT2D eigenvalue weighted by molar-refractivity contribution is 5.73. The van der Waals surface area contributed by atoms with Crippen LogP contribution in [-0.2, 0) is 0 Å². The molecule has 5 nitrogen and oxygen atoms in total. The van der Waals surface area contributed by atoms with Crippen molar-refractivity contribution in [1.82, 2.24) is 15.0 Å². The summed E-state index contributed by atoms with van der Waals surface area (Å²) in [5.74, 6) is 0.892. The predicted octanol–water partition coefficient (Wildman–Crippen LogP) is 0.885. The number of aromatic nitrogens is 3. The van der Waals surface area contributed by atoms with Crippen LogP contribution in [0.5, 0.6) is 0 Å². The van der Waals surface area contributed by atoms with E-state index in [1.807, 2.05) is 12.1 Å². The summed E-state index contributed by atoms with van der Waals surface area (Å²) >= 11 is 0. The molecule has 0 bridgehead atoms. The van der Waals surface area contributed by atoms with Crippen molar-refractivity contribution in [3.63, 3.8) is 0 Å². The Hall–Kier alpha value is -1.62. The molecule has 0 aromatic carbocycles. The highest BCUT2D eigenvalue weighted by atomic mass is 15.3. The van der Waals surface area contributed by atoms with Gasteiger partial charge in [-0.3, -0.25) is 0 Å². The molecule has 0 amide bonds. The second-order valence-electron chi connectivity index (χ2n) is 4.28. The third-order valence-corrected chi connectivity index (χ3v) is 3.00. The molecule has 0 spiro atoms. The second kappa shape index (κ2) is 3.75. The summed E-state index contributed by atoms with van der Waals surface area (Å²) in [5, 5.41) is 0. The van der Waals surface area contributed by atoms with Crippen LogP contribution in [0, 0.1) is 0 Å². The fourth-order valence-electron chi connectivity index (χ4n) is 2.18. The molecule has 0 saturated carbocycles. The number of piperidine rings is 1. The van der Waals surface area contributed by atoms with Gasteiger partial charge in [-0.05, 0) is 25.0 Å². The molecule has 1 atom stereocenters. The van der Waals surface area contributed by atoms with E-state index in [9.17, 15) is 0 Å². The summed E-state index contributed by atoms with van der Waals surface area (Å²) in [4.78, 5) is 14.2. The topological polar surface area (TPSA) is 70.8 Å². The van der Waals surface area contributed by atoms with E-state index in [1.54, 1.807) is 6.20 Å². The van der Waals surface area contributed by atoms with Crippen LogP contribution in [0.3, 0.4) is 0 Å². The third-order valence-electron chi connectivity index (χ3n) is 3.00. The Balaban J connectivity index is 1.93. The van der Waals surface area contributed by atoms with Crippen molar-refractivity contribution in [3.05, 3.63) is 18.3 Å². The lowest BCUT2D eigenvalue weighted by Gasteiger charge is -2.30. The highest BCUT2D eigenvalue weighted by Gasteiger charge is 2.19. The molecular formula is C11H15N5. The maximum absolute atomic E-state index is 5.96. The first-order valence-corrected chi connectivity index (χ1v) is 5.64. The van der Waals surface area contributed by atoms with Crippen molar-refractivity contribution in [1.29, 1.82) is 0 Å². The predicted molar refractivity (Wildman–Crippen MR) is 63.3 cm³/mol. The molecule has 1 aliphatic rings. The van der Waals surface area contributed by atoms with E-state index in [0.29, 0.717) is 0 Å². The molecule has 1 unspecified atom stereocenters. The molecule has 5 heteroatoms. The summed E-state index contributed by atoms with van der Waals surface area (Å²) in [7, 11) is 0. The number of pyridine rings is 1. The Bertz CT molecular complexity index is 459. The first-order valence-electron chi connectivity index (χ1n) is 5.64. The van der Waals surface area contributed by atoms with Crippen LogP contribution in [0.25, 0.3) is 11.2 Å². The molecule has 16 heavy (non-hydrogen) atoms. The van der Waals surface area contributed by atoms with E-state index in [1.165, 1.54) is 0 Å². The van der Waals surface area contributed by atoms with E-state index in [-0.39, 0.29) is 6.04 Å². The van der Waals surface area contributed by atoms with Gasteiger partial charge < -0.3 is 15.6 Å². The molecule has 3 rings (SSSR count). The molecule has 0 radical (unpaired) electrons. The molecule has 1 aliphatic heterocycles. The first-order chi connectivity index (χ1) is 7.83. The average molecular weight is 217 g/mol. The van der Waals surface area contributed by atoms with Gasteiger partial charge in [0.2, 0.25) is 5.95 Å². The van der Waals surface area contributed by atoms with E-state index < -0.39 is 0 Å². The fraction of sp³-hybridized carbons (Fsp3) is 0.455. The molecule has 1 saturated heterocycles. The van der Waals surface area contributed by atoms with Crippen molar-refractivity contribution >= 4 is 17.1 Å². The number of rotatable bonds is 1. The summed E-state index contributed by atoms with van der Waals surface area (Å²) in [6.07, 6.45) is 4.00. The van der Waals surface area contributed by atoms with Gasteiger partial charge in [-0.2, -0.15) is 4.98 Å². The van der Waals surface area contributed by atoms with E-state index in [4.69, 9.17) is 5.73 Å². The summed E-state index contributed by atoms with van der Waals surface area (Å²) < 4.78 is 0. The number of fused-ring (bicyclic) bond motifs is 1. The number of imidazole rings is 1. The maximum Gasteiger partial charge on any atom is 0.205 e. The van der Waals surface area contributed by atoms with Crippen molar-refractivity contribution < 1.29 is 0 Å². The van der Waals surface area contributed by atoms with Gasteiger partial charge in [0.05, 0.1) is 5.52 Å². The lowest BCUT2D eigenvalue weighted by molar-refractivity contribution is 0.501. The zero-order chi connectivity index (χ0) is 11.0. The van der Waals surface area contributed by atoms with Gasteiger partial charge in [0.15, 0.2) is 5.65 Å². The number of anilines is 1. The smallest absolute Gasteiger partial charge is 0.205 e. The molecule has 2 aromatic rings. The van der Waals surface area contributed by atoms with Crippen LogP contribution in [-0.4, -0.2) is 34.1 Å². The number of nitrogens with zero attached hydrogens (tertiary/aromatic N) is 3. The van der Waals surface area contributed by atoms with Crippen LogP contribution in [0.15, 0.2) is 18.3 Å². The first kappa shape index (κ1) is 9.59. The quantitative estimate of drug-likeness (QED) is 0.744. The Morgan fingerprint density at radius 2 is 2.44 bits per heavy atom. The Labute approximate surface area is 93.7 Å². The van der Waals surface area contributed by atoms with Crippen LogP contribution >= 0.6 is 0 Å². The summed E-state index contributed by atoms with van der Waals surface area (Å²) in [6, 6.07) is 4.16. The summed E-state index contributed by atoms with van der Waals surface area (Å²) in [5.41, 5.74) is 7.72. The monoisotopic (exact) mass is 217 g/mol. The van der Waals surface area contributed by atoms with Crippen LogP contribution < -0.4 is 10.6 Å². The van der Waals surface area contributed by atoms with Gasteiger partial charge in [0.1, 0.15) is 0 Å². The Morgan fingerprint density at radius 3 is 3.25 bits per heavy atom. The molecular weight excluding hydrogens is 202 g/mol. The van der Waals surface area contributed by atoms with Crippen LogP contribution in [0.1, 0.15) is 12.8 Å². The maximum atomic E-state index is 5.96. The minimum Gasteiger partial charge on any atom is -0.341 e. The van der Waals surface area contributed by atoms with Gasteiger partial charge in [-0.1, -0.05) is 0 Å². The Morgan fingerprint density at radius 1 is 1.50 bits per heavy atom. The lowest BCUT2D eigenvalue weighted by Crippen LogP contribution is -2.43. The summed E-state index contributed by atoms with van der Waals surface area (Å²) in [6.45, 7) is 1.90. The van der Waals surface area contributed by atoms with Gasteiger partial charge >= 0.3 is 0 Å². The standard InChI is InChI=1S/C11H15N5/c12-8-3-2-6-16(7-8)11-14-9-4-1-5-13-10(9)15-11/h1,4-5,8H,2-3,6-7,12H2,(H,13,14,15). The Kier molecular flexibility index (Phi) is 2.25. The molecule has 2 aromatic heterocycles. The third kappa shape index (κ3) is 1.63. The van der Waals surface area contributed by atoms with Gasteiger partial charge in [0.25, 0.3) is 0 Å². The number of nitrogens with two attached hydrogens (primary N) is 1. The minimum atomic E-state index is 0.259. The minimum absolute atomic E-state index is 0.259. The average Bonchev–Trinajstić information content (AvgIpc) is 2.72. The molecule has 3 N–H and O–H groups in total. The van der Waals surface area contributed by atoms with Crippen molar-refractivity contribution in [3.8, 4) is 0 Å². The molecule has 84 valence electrons. The largest absolute Gasteiger partial charge is 0.341 e. The number of hydrogen-bond donors (Lipinski definition) is 2. The van der Waals surface area contributed by atoms with Gasteiger partial charge in [-0.25, -0.2) is 4.98 Å². The van der Waals surface area contributed by atoms with Crippen LogP contribution in [0.2, 0.25) is 0 Å². The van der Waals surface area contributed by atoms with E-state index >= 15 is 0 Å². The van der Waals surface area contributed by atoms with Crippen molar-refractivity contribution in [2.24, 2.45) is 5.73 Å². The van der Waals surface area contributed by atoms with Gasteiger partial charge in [0, 0.05) is 25.3 Å². The molecule has 0 aliphatic carbocycles. The van der Waals surface area contributed by atoms with Crippen LogP contribution in [0.4, 0.5) is 5.95 Å². The zero-order valence-corrected chi connectivity index (χ0v) is 9.06. The van der Waals surface area contributed by atoms with Crippen molar-refractivity contribution in [2.45, 2.75) is 18.9 Å². The van der Waals surface area contributed by atoms with Crippen molar-refractivity contribution in [2.75, 3.05) is 18.0 Å². The zero-order valence-electron chi connectivity index (χ0n) is 9.06. The highest BCUT2D eigenvalue weighted by Crippen LogP contribution is 2.18. The SMILES string of the molecule is NC1CCCN(c2nc3ncccc3[nH]2)C1. The number of aromatic amines is 1. The van der Waals surface area contributed by atoms with Gasteiger partial charge in [-0.15, -0.1) is 0 Å².